The number of rotatable bonds is 6. The summed E-state index contributed by atoms with van der Waals surface area (Å²) in [6, 6.07) is 5.41. The fourth-order valence-corrected chi connectivity index (χ4v) is 2.17. The Kier molecular flexibility index (Phi) is 7.95. The minimum absolute atomic E-state index is 0. The van der Waals surface area contributed by atoms with E-state index >= 15 is 0 Å². The zero-order chi connectivity index (χ0) is 13.8. The first-order valence-electron chi connectivity index (χ1n) is 5.32. The number of aliphatic hydroxyl groups is 1. The van der Waals surface area contributed by atoms with Crippen LogP contribution in [0.4, 0.5) is 5.69 Å². The minimum Gasteiger partial charge on any atom is -0.748 e. The van der Waals surface area contributed by atoms with E-state index in [1.165, 1.54) is 7.11 Å². The summed E-state index contributed by atoms with van der Waals surface area (Å²) < 4.78 is 36.6. The number of aliphatic hydroxyl groups excluding tert-OH is 1. The fraction of sp³-hybridized carbons (Fsp3) is 0.455. The molecule has 1 atom stereocenters. The van der Waals surface area contributed by atoms with Gasteiger partial charge in [0.15, 0.2) is 0 Å². The Morgan fingerprint density at radius 1 is 1.47 bits per heavy atom. The molecule has 0 heterocycles. The molecule has 8 heteroatoms. The van der Waals surface area contributed by atoms with Crippen LogP contribution in [0.15, 0.2) is 18.2 Å². The fourth-order valence-electron chi connectivity index (χ4n) is 1.58. The molecule has 0 aromatic heterocycles. The van der Waals surface area contributed by atoms with Crippen molar-refractivity contribution in [2.24, 2.45) is 0 Å². The monoisotopic (exact) mass is 297 g/mol. The molecule has 0 aliphatic carbocycles. The van der Waals surface area contributed by atoms with Gasteiger partial charge in [-0.3, -0.25) is 0 Å². The molecular weight excluding hydrogens is 281 g/mol. The molecule has 2 N–H and O–H groups in total. The van der Waals surface area contributed by atoms with E-state index in [0.29, 0.717) is 11.4 Å². The number of nitrogens with one attached hydrogen (secondary N) is 1. The molecule has 6 nitrogen and oxygen atoms in total. The summed E-state index contributed by atoms with van der Waals surface area (Å²) in [5.41, 5.74) is 1.55. The maximum Gasteiger partial charge on any atom is 1.00 e. The van der Waals surface area contributed by atoms with Crippen molar-refractivity contribution in [3.05, 3.63) is 23.8 Å². The van der Waals surface area contributed by atoms with Gasteiger partial charge in [-0.1, -0.05) is 12.1 Å². The molecule has 1 aromatic rings. The van der Waals surface area contributed by atoms with Crippen LogP contribution < -0.4 is 39.6 Å². The normalized spacial score (nSPS) is 12.4. The van der Waals surface area contributed by atoms with Crippen molar-refractivity contribution in [1.82, 2.24) is 0 Å². The third-order valence-corrected chi connectivity index (χ3v) is 3.13. The van der Waals surface area contributed by atoms with Gasteiger partial charge in [0.1, 0.15) is 5.75 Å². The third-order valence-electron chi connectivity index (χ3n) is 2.34. The molecule has 19 heavy (non-hydrogen) atoms. The molecule has 0 bridgehead atoms. The number of methoxy groups -OCH3 is 1. The molecule has 0 amide bonds. The predicted molar refractivity (Wildman–Crippen MR) is 66.8 cm³/mol. The van der Waals surface area contributed by atoms with E-state index in [2.05, 4.69) is 5.32 Å². The summed E-state index contributed by atoms with van der Waals surface area (Å²) in [5, 5.41) is 12.2. The van der Waals surface area contributed by atoms with Crippen LogP contribution in [-0.2, 0) is 10.1 Å². The second kappa shape index (κ2) is 8.08. The van der Waals surface area contributed by atoms with E-state index < -0.39 is 22.0 Å². The van der Waals surface area contributed by atoms with E-state index in [4.69, 9.17) is 4.74 Å². The Labute approximate surface area is 135 Å². The number of hydrogen-bond donors (Lipinski definition) is 2. The summed E-state index contributed by atoms with van der Waals surface area (Å²) in [6.07, 6.45) is -1.25. The van der Waals surface area contributed by atoms with Crippen molar-refractivity contribution in [2.75, 3.05) is 24.7 Å². The van der Waals surface area contributed by atoms with E-state index in [-0.39, 0.29) is 36.1 Å². The van der Waals surface area contributed by atoms with Crippen molar-refractivity contribution < 1.29 is 52.4 Å². The van der Waals surface area contributed by atoms with Gasteiger partial charge in [0.2, 0.25) is 0 Å². The summed E-state index contributed by atoms with van der Waals surface area (Å²) >= 11 is 0. The second-order valence-corrected chi connectivity index (χ2v) is 5.36. The standard InChI is InChI=1S/C11H17NO5S.Na/c1-8-4-3-5-10(11(8)17-2)12-6-9(13)7-18(14,15)16;/h3-5,9,12-13H,6-7H2,1-2H3,(H,14,15,16);/q;+1/p-1. The largest absolute Gasteiger partial charge is 1.00 e. The third kappa shape index (κ3) is 6.60. The van der Waals surface area contributed by atoms with Gasteiger partial charge in [-0.2, -0.15) is 0 Å². The summed E-state index contributed by atoms with van der Waals surface area (Å²) in [6.45, 7) is 1.82. The van der Waals surface area contributed by atoms with Gasteiger partial charge in [-0.05, 0) is 18.6 Å². The van der Waals surface area contributed by atoms with E-state index in [0.717, 1.165) is 5.56 Å². The molecule has 0 radical (unpaired) electrons. The first kappa shape index (κ1) is 18.7. The Bertz CT molecular complexity index is 506. The number of aryl methyl sites for hydroxylation is 1. The maximum atomic E-state index is 10.5. The van der Waals surface area contributed by atoms with Gasteiger partial charge >= 0.3 is 29.6 Å². The SMILES string of the molecule is COc1c(C)cccc1NCC(O)CS(=O)(=O)[O-].[Na+]. The van der Waals surface area contributed by atoms with Crippen molar-refractivity contribution in [1.29, 1.82) is 0 Å². The van der Waals surface area contributed by atoms with Crippen molar-refractivity contribution >= 4 is 15.8 Å². The van der Waals surface area contributed by atoms with Crippen LogP contribution >= 0.6 is 0 Å². The Balaban J connectivity index is 0.00000324. The van der Waals surface area contributed by atoms with Crippen LogP contribution in [0.1, 0.15) is 5.56 Å². The predicted octanol–water partition coefficient (Wildman–Crippen LogP) is -2.67. The summed E-state index contributed by atoms with van der Waals surface area (Å²) in [5.74, 6) is -0.191. The molecule has 1 rings (SSSR count). The van der Waals surface area contributed by atoms with Crippen LogP contribution in [0.3, 0.4) is 0 Å². The quantitative estimate of drug-likeness (QED) is 0.439. The van der Waals surface area contributed by atoms with E-state index in [1.807, 2.05) is 13.0 Å². The Morgan fingerprint density at radius 2 is 2.11 bits per heavy atom. The molecule has 0 fully saturated rings. The number of benzene rings is 1. The first-order valence-corrected chi connectivity index (χ1v) is 6.90. The molecule has 0 aliphatic heterocycles. The van der Waals surface area contributed by atoms with Gasteiger partial charge in [0.05, 0.1) is 34.8 Å². The van der Waals surface area contributed by atoms with Crippen LogP contribution in [0.2, 0.25) is 0 Å². The van der Waals surface area contributed by atoms with Crippen LogP contribution in [-0.4, -0.2) is 43.6 Å². The molecular formula is C11H16NNaO5S. The summed E-state index contributed by atoms with van der Waals surface area (Å²) in [7, 11) is -2.90. The number of anilines is 1. The molecule has 0 saturated carbocycles. The summed E-state index contributed by atoms with van der Waals surface area (Å²) in [4.78, 5) is 0. The molecule has 102 valence electrons. The zero-order valence-electron chi connectivity index (χ0n) is 11.2. The van der Waals surface area contributed by atoms with E-state index in [9.17, 15) is 18.1 Å². The Morgan fingerprint density at radius 3 is 2.63 bits per heavy atom. The van der Waals surface area contributed by atoms with Crippen molar-refractivity contribution in [3.63, 3.8) is 0 Å². The average Bonchev–Trinajstić information content (AvgIpc) is 2.24. The van der Waals surface area contributed by atoms with Gasteiger partial charge in [-0.25, -0.2) is 8.42 Å². The van der Waals surface area contributed by atoms with Crippen LogP contribution in [0, 0.1) is 6.92 Å². The van der Waals surface area contributed by atoms with Crippen LogP contribution in [0.5, 0.6) is 5.75 Å². The second-order valence-electron chi connectivity index (χ2n) is 3.91. The molecule has 1 unspecified atom stereocenters. The van der Waals surface area contributed by atoms with Gasteiger partial charge in [0, 0.05) is 6.54 Å². The van der Waals surface area contributed by atoms with Crippen LogP contribution in [0.25, 0.3) is 0 Å². The van der Waals surface area contributed by atoms with Gasteiger partial charge in [-0.15, -0.1) is 0 Å². The number of hydrogen-bond acceptors (Lipinski definition) is 6. The van der Waals surface area contributed by atoms with Gasteiger partial charge < -0.3 is 19.7 Å². The smallest absolute Gasteiger partial charge is 0.748 e. The molecule has 0 aliphatic rings. The maximum absolute atomic E-state index is 10.5. The molecule has 1 aromatic carbocycles. The number of para-hydroxylation sites is 1. The zero-order valence-corrected chi connectivity index (χ0v) is 14.0. The molecule has 0 spiro atoms. The number of ether oxygens (including phenoxy) is 1. The van der Waals surface area contributed by atoms with Crippen molar-refractivity contribution in [2.45, 2.75) is 13.0 Å². The van der Waals surface area contributed by atoms with E-state index in [1.54, 1.807) is 12.1 Å². The van der Waals surface area contributed by atoms with Crippen molar-refractivity contribution in [3.8, 4) is 5.75 Å². The van der Waals surface area contributed by atoms with Gasteiger partial charge in [0.25, 0.3) is 0 Å². The minimum atomic E-state index is -4.42. The topological polar surface area (TPSA) is 98.7 Å². The Hall–Kier alpha value is -0.310. The average molecular weight is 297 g/mol. The molecule has 0 saturated heterocycles. The first-order chi connectivity index (χ1) is 8.33.